The highest BCUT2D eigenvalue weighted by atomic mass is 16.6. The maximum absolute atomic E-state index is 12.0. The lowest BCUT2D eigenvalue weighted by Gasteiger charge is -2.11. The van der Waals surface area contributed by atoms with Gasteiger partial charge in [0.2, 0.25) is 11.7 Å². The number of carbonyl (C=O) groups excluding carboxylic acids is 1. The third-order valence-corrected chi connectivity index (χ3v) is 3.92. The molecule has 0 aliphatic carbocycles. The molecule has 0 atom stereocenters. The van der Waals surface area contributed by atoms with Crippen molar-refractivity contribution in [1.29, 1.82) is 0 Å². The van der Waals surface area contributed by atoms with Crippen LogP contribution in [0.4, 0.5) is 5.69 Å². The summed E-state index contributed by atoms with van der Waals surface area (Å²) in [7, 11) is 1.35. The second-order valence-electron chi connectivity index (χ2n) is 6.16. The Labute approximate surface area is 170 Å². The van der Waals surface area contributed by atoms with Gasteiger partial charge in [-0.1, -0.05) is 6.92 Å². The summed E-state index contributed by atoms with van der Waals surface area (Å²) in [6.45, 7) is 3.64. The number of hydrazone groups is 1. The largest absolute Gasteiger partial charge is 0.493 e. The molecule has 30 heavy (non-hydrogen) atoms. The summed E-state index contributed by atoms with van der Waals surface area (Å²) in [4.78, 5) is 50.2. The van der Waals surface area contributed by atoms with E-state index < -0.39 is 22.1 Å². The lowest BCUT2D eigenvalue weighted by atomic mass is 10.1. The van der Waals surface area contributed by atoms with E-state index in [4.69, 9.17) is 9.47 Å². The Bertz CT molecular complexity index is 1090. The van der Waals surface area contributed by atoms with E-state index in [9.17, 15) is 24.5 Å². The molecule has 0 radical (unpaired) electrons. The minimum absolute atomic E-state index is 0.0123. The topological polar surface area (TPSA) is 169 Å². The van der Waals surface area contributed by atoms with Crippen LogP contribution < -0.4 is 26.1 Å². The van der Waals surface area contributed by atoms with E-state index in [2.05, 4.69) is 15.5 Å². The van der Waals surface area contributed by atoms with Crippen molar-refractivity contribution in [3.8, 4) is 11.5 Å². The number of aromatic amines is 2. The Morgan fingerprint density at radius 1 is 1.33 bits per heavy atom. The molecule has 1 heterocycles. The molecule has 0 saturated heterocycles. The molecule has 1 amide bonds. The molecule has 0 unspecified atom stereocenters. The number of hydrogen-bond donors (Lipinski definition) is 3. The highest BCUT2D eigenvalue weighted by molar-refractivity contribution is 5.85. The number of nitro benzene ring substituents is 1. The van der Waals surface area contributed by atoms with Crippen LogP contribution in [0.5, 0.6) is 11.5 Å². The van der Waals surface area contributed by atoms with Crippen molar-refractivity contribution in [3.05, 3.63) is 59.9 Å². The fourth-order valence-corrected chi connectivity index (χ4v) is 2.54. The third kappa shape index (κ3) is 5.53. The van der Waals surface area contributed by atoms with Gasteiger partial charge in [-0.2, -0.15) is 5.10 Å². The smallest absolute Gasteiger partial charge is 0.325 e. The van der Waals surface area contributed by atoms with Crippen molar-refractivity contribution in [2.24, 2.45) is 5.10 Å². The second kappa shape index (κ2) is 10.0. The minimum atomic E-state index is -0.668. The molecule has 1 aromatic heterocycles. The highest BCUT2D eigenvalue weighted by Gasteiger charge is 2.22. The number of hydrogen-bond acceptors (Lipinski definition) is 8. The Hall–Kier alpha value is -3.96. The average molecular weight is 419 g/mol. The number of nitrogens with zero attached hydrogens (tertiary/aromatic N) is 2. The fourth-order valence-electron chi connectivity index (χ4n) is 2.54. The highest BCUT2D eigenvalue weighted by Crippen LogP contribution is 2.38. The van der Waals surface area contributed by atoms with Gasteiger partial charge in [0.1, 0.15) is 0 Å². The van der Waals surface area contributed by atoms with Crippen LogP contribution in [0.3, 0.4) is 0 Å². The first-order valence-corrected chi connectivity index (χ1v) is 8.90. The number of methoxy groups -OCH3 is 1. The zero-order valence-corrected chi connectivity index (χ0v) is 16.6. The Balaban J connectivity index is 2.18. The van der Waals surface area contributed by atoms with Gasteiger partial charge in [0, 0.05) is 22.9 Å². The molecule has 0 saturated carbocycles. The van der Waals surface area contributed by atoms with Gasteiger partial charge in [0.15, 0.2) is 5.75 Å². The lowest BCUT2D eigenvalue weighted by molar-refractivity contribution is -0.386. The summed E-state index contributed by atoms with van der Waals surface area (Å²) < 4.78 is 10.6. The van der Waals surface area contributed by atoms with Crippen LogP contribution in [0.1, 0.15) is 30.2 Å². The molecule has 2 aromatic rings. The van der Waals surface area contributed by atoms with E-state index in [0.29, 0.717) is 12.0 Å². The van der Waals surface area contributed by atoms with Gasteiger partial charge in [0.25, 0.3) is 5.56 Å². The molecular weight excluding hydrogens is 398 g/mol. The van der Waals surface area contributed by atoms with Crippen LogP contribution >= 0.6 is 0 Å². The second-order valence-corrected chi connectivity index (χ2v) is 6.16. The maximum Gasteiger partial charge on any atom is 0.325 e. The molecule has 12 heteroatoms. The Kier molecular flexibility index (Phi) is 7.44. The van der Waals surface area contributed by atoms with Gasteiger partial charge in [-0.15, -0.1) is 0 Å². The molecule has 3 N–H and O–H groups in total. The van der Waals surface area contributed by atoms with Crippen molar-refractivity contribution >= 4 is 17.8 Å². The SMILES string of the molecule is CCCOc1c(OC)cc(/C=N\NC(=O)Cc2c(C)[nH]c(=O)[nH]c2=O)cc1[N+](=O)[O-]. The monoisotopic (exact) mass is 419 g/mol. The van der Waals surface area contributed by atoms with Crippen molar-refractivity contribution in [1.82, 2.24) is 15.4 Å². The number of aromatic nitrogens is 2. The van der Waals surface area contributed by atoms with Gasteiger partial charge in [-0.3, -0.25) is 24.7 Å². The first-order valence-electron chi connectivity index (χ1n) is 8.90. The summed E-state index contributed by atoms with van der Waals surface area (Å²) in [6, 6.07) is 2.71. The number of ether oxygens (including phenoxy) is 2. The predicted molar refractivity (Wildman–Crippen MR) is 107 cm³/mol. The molecule has 0 bridgehead atoms. The van der Waals surface area contributed by atoms with Crippen LogP contribution in [0.15, 0.2) is 26.8 Å². The number of rotatable bonds is 9. The number of benzene rings is 1. The van der Waals surface area contributed by atoms with Gasteiger partial charge >= 0.3 is 11.4 Å². The zero-order chi connectivity index (χ0) is 22.3. The number of amides is 1. The summed E-state index contributed by atoms with van der Waals surface area (Å²) in [5, 5.41) is 15.1. The molecule has 0 aliphatic rings. The maximum atomic E-state index is 12.0. The molecule has 2 rings (SSSR count). The molecule has 0 spiro atoms. The van der Waals surface area contributed by atoms with E-state index in [0.717, 1.165) is 0 Å². The first kappa shape index (κ1) is 22.3. The Morgan fingerprint density at radius 3 is 2.67 bits per heavy atom. The van der Waals surface area contributed by atoms with Crippen LogP contribution in [0, 0.1) is 17.0 Å². The predicted octanol–water partition coefficient (Wildman–Crippen LogP) is 0.770. The van der Waals surface area contributed by atoms with Crippen LogP contribution in [0.2, 0.25) is 0 Å². The molecule has 160 valence electrons. The van der Waals surface area contributed by atoms with Crippen molar-refractivity contribution in [2.45, 2.75) is 26.7 Å². The summed E-state index contributed by atoms with van der Waals surface area (Å²) >= 11 is 0. The van der Waals surface area contributed by atoms with Gasteiger partial charge in [-0.05, 0) is 19.4 Å². The molecule has 1 aromatic carbocycles. The van der Waals surface area contributed by atoms with Crippen LogP contribution in [-0.2, 0) is 11.2 Å². The normalized spacial score (nSPS) is 10.8. The molecule has 12 nitrogen and oxygen atoms in total. The Morgan fingerprint density at radius 2 is 2.07 bits per heavy atom. The number of nitro groups is 1. The summed E-state index contributed by atoms with van der Waals surface area (Å²) in [5.74, 6) is -0.449. The van der Waals surface area contributed by atoms with E-state index >= 15 is 0 Å². The van der Waals surface area contributed by atoms with Gasteiger partial charge in [-0.25, -0.2) is 10.2 Å². The first-order chi connectivity index (χ1) is 14.3. The zero-order valence-electron chi connectivity index (χ0n) is 16.6. The standard InChI is InChI=1S/C18H21N5O7/c1-4-5-30-16-13(23(27)28)6-11(7-14(16)29-3)9-19-22-15(24)8-12-10(2)20-18(26)21-17(12)25/h6-7,9H,4-5,8H2,1-3H3,(H,22,24)(H2,20,21,25,26)/b19-9-. The number of carbonyl (C=O) groups is 1. The number of H-pyrrole nitrogens is 2. The van der Waals surface area contributed by atoms with E-state index in [1.54, 1.807) is 0 Å². The summed E-state index contributed by atoms with van der Waals surface area (Å²) in [5.41, 5.74) is 1.25. The van der Waals surface area contributed by atoms with Gasteiger partial charge < -0.3 is 14.5 Å². The van der Waals surface area contributed by atoms with Crippen molar-refractivity contribution < 1.29 is 19.2 Å². The van der Waals surface area contributed by atoms with Crippen LogP contribution in [0.25, 0.3) is 0 Å². The van der Waals surface area contributed by atoms with E-state index in [-0.39, 0.29) is 41.5 Å². The van der Waals surface area contributed by atoms with E-state index in [1.807, 2.05) is 11.9 Å². The molecular formula is C18H21N5O7. The average Bonchev–Trinajstić information content (AvgIpc) is 2.68. The molecule has 0 fully saturated rings. The fraction of sp³-hybridized carbons (Fsp3) is 0.333. The quantitative estimate of drug-likeness (QED) is 0.306. The minimum Gasteiger partial charge on any atom is -0.493 e. The third-order valence-electron chi connectivity index (χ3n) is 3.92. The lowest BCUT2D eigenvalue weighted by Crippen LogP contribution is -2.30. The van der Waals surface area contributed by atoms with Crippen LogP contribution in [-0.4, -0.2) is 40.7 Å². The van der Waals surface area contributed by atoms with E-state index in [1.165, 1.54) is 32.4 Å². The van der Waals surface area contributed by atoms with Crippen molar-refractivity contribution in [3.63, 3.8) is 0 Å². The number of aryl methyl sites for hydroxylation is 1. The van der Waals surface area contributed by atoms with Gasteiger partial charge in [0.05, 0.1) is 31.3 Å². The summed E-state index contributed by atoms with van der Waals surface area (Å²) in [6.07, 6.45) is 1.54. The number of nitrogens with one attached hydrogen (secondary N) is 3. The van der Waals surface area contributed by atoms with Crippen molar-refractivity contribution in [2.75, 3.05) is 13.7 Å². The molecule has 0 aliphatic heterocycles.